The molecule has 3 heterocycles. The molecule has 0 bridgehead atoms. The highest BCUT2D eigenvalue weighted by Crippen LogP contribution is 2.42. The van der Waals surface area contributed by atoms with Crippen LogP contribution in [0.5, 0.6) is 11.6 Å². The van der Waals surface area contributed by atoms with Crippen molar-refractivity contribution in [2.75, 3.05) is 34.4 Å². The van der Waals surface area contributed by atoms with Gasteiger partial charge in [-0.3, -0.25) is 9.78 Å². The van der Waals surface area contributed by atoms with E-state index >= 15 is 0 Å². The largest absolute Gasteiger partial charge is 0.496 e. The fourth-order valence-corrected chi connectivity index (χ4v) is 6.71. The summed E-state index contributed by atoms with van der Waals surface area (Å²) in [4.78, 5) is 37.0. The minimum Gasteiger partial charge on any atom is -0.496 e. The first-order chi connectivity index (χ1) is 24.3. The molecular formula is C39H45Cl2N5O5. The lowest BCUT2D eigenvalue weighted by atomic mass is 9.99. The van der Waals surface area contributed by atoms with Gasteiger partial charge in [0.2, 0.25) is 11.8 Å². The number of hydrogen-bond donors (Lipinski definition) is 1. The fraction of sp³-hybridized carbons (Fsp3) is 0.385. The van der Waals surface area contributed by atoms with Gasteiger partial charge in [-0.2, -0.15) is 0 Å². The molecule has 2 aromatic heterocycles. The summed E-state index contributed by atoms with van der Waals surface area (Å²) < 4.78 is 16.9. The summed E-state index contributed by atoms with van der Waals surface area (Å²) >= 11 is 14.2. The van der Waals surface area contributed by atoms with Crippen molar-refractivity contribution in [2.45, 2.75) is 65.3 Å². The summed E-state index contributed by atoms with van der Waals surface area (Å²) in [5.74, 6) is 1.23. The number of carbonyl (C=O) groups is 2. The van der Waals surface area contributed by atoms with Gasteiger partial charge in [0.05, 0.1) is 42.2 Å². The van der Waals surface area contributed by atoms with Crippen molar-refractivity contribution >= 4 is 35.2 Å². The first kappa shape index (κ1) is 37.9. The maximum absolute atomic E-state index is 12.6. The van der Waals surface area contributed by atoms with Crippen molar-refractivity contribution in [1.82, 2.24) is 25.1 Å². The molecule has 0 radical (unpaired) electrons. The standard InChI is InChI=1S/C39H45Cl2N5O5/c1-24(47)46-19-16-28(17-20-46)43-22-26-12-11-25(21-33(26)49-6)36-35(41)30(15-18-42-36)29-9-8-10-31(34(29)40)32-14-13-27(37(44-32)50-7)23-45(5)38(48)51-39(2,3)4/h8-15,18,21,28,43H,16-17,19-20,22-23H2,1-7H3. The number of halogens is 2. The topological polar surface area (TPSA) is 106 Å². The maximum Gasteiger partial charge on any atom is 0.410 e. The summed E-state index contributed by atoms with van der Waals surface area (Å²) in [7, 11) is 4.86. The normalized spacial score (nSPS) is 13.5. The number of benzene rings is 2. The number of nitrogens with one attached hydrogen (secondary N) is 1. The van der Waals surface area contributed by atoms with Gasteiger partial charge in [-0.15, -0.1) is 0 Å². The number of ether oxygens (including phenoxy) is 3. The summed E-state index contributed by atoms with van der Waals surface area (Å²) in [6.07, 6.45) is 3.10. The average Bonchev–Trinajstić information content (AvgIpc) is 3.10. The van der Waals surface area contributed by atoms with E-state index in [0.29, 0.717) is 45.5 Å². The van der Waals surface area contributed by atoms with E-state index in [0.717, 1.165) is 59.5 Å². The molecule has 270 valence electrons. The number of rotatable bonds is 10. The summed E-state index contributed by atoms with van der Waals surface area (Å²) in [5.41, 5.74) is 5.28. The molecular weight excluding hydrogens is 689 g/mol. The molecule has 1 saturated heterocycles. The molecule has 12 heteroatoms. The molecule has 1 aliphatic rings. The number of piperidine rings is 1. The second-order valence-corrected chi connectivity index (χ2v) is 14.3. The van der Waals surface area contributed by atoms with Crippen molar-refractivity contribution < 1.29 is 23.8 Å². The van der Waals surface area contributed by atoms with Gasteiger partial charge in [0.1, 0.15) is 11.4 Å². The van der Waals surface area contributed by atoms with Gasteiger partial charge in [0.25, 0.3) is 0 Å². The van der Waals surface area contributed by atoms with E-state index in [1.807, 2.05) is 80.3 Å². The second-order valence-electron chi connectivity index (χ2n) is 13.6. The van der Waals surface area contributed by atoms with Crippen LogP contribution < -0.4 is 14.8 Å². The highest BCUT2D eigenvalue weighted by molar-refractivity contribution is 6.39. The highest BCUT2D eigenvalue weighted by Gasteiger charge is 2.23. The lowest BCUT2D eigenvalue weighted by molar-refractivity contribution is -0.129. The molecule has 1 aliphatic heterocycles. The van der Waals surface area contributed by atoms with Crippen molar-refractivity contribution in [1.29, 1.82) is 0 Å². The third kappa shape index (κ3) is 9.11. The number of aromatic nitrogens is 2. The van der Waals surface area contributed by atoms with Crippen molar-refractivity contribution in [2.24, 2.45) is 0 Å². The van der Waals surface area contributed by atoms with Crippen LogP contribution in [0.15, 0.2) is 60.8 Å². The van der Waals surface area contributed by atoms with E-state index in [1.54, 1.807) is 27.3 Å². The van der Waals surface area contributed by atoms with Gasteiger partial charge in [0, 0.05) is 79.2 Å². The number of carbonyl (C=O) groups excluding carboxylic acids is 2. The Morgan fingerprint density at radius 3 is 2.29 bits per heavy atom. The molecule has 2 amide bonds. The van der Waals surface area contributed by atoms with Gasteiger partial charge in [-0.05, 0) is 57.9 Å². The third-order valence-electron chi connectivity index (χ3n) is 8.78. The quantitative estimate of drug-likeness (QED) is 0.174. The Labute approximate surface area is 310 Å². The van der Waals surface area contributed by atoms with Gasteiger partial charge in [-0.25, -0.2) is 9.78 Å². The Bertz CT molecular complexity index is 1890. The van der Waals surface area contributed by atoms with E-state index in [2.05, 4.69) is 10.3 Å². The summed E-state index contributed by atoms with van der Waals surface area (Å²) in [6.45, 7) is 9.52. The number of likely N-dealkylation sites (tertiary alicyclic amines) is 1. The molecule has 0 unspecified atom stereocenters. The molecule has 1 N–H and O–H groups in total. The van der Waals surface area contributed by atoms with E-state index in [9.17, 15) is 9.59 Å². The lowest BCUT2D eigenvalue weighted by Gasteiger charge is -2.32. The maximum atomic E-state index is 12.6. The van der Waals surface area contributed by atoms with Crippen molar-refractivity contribution in [3.05, 3.63) is 82.0 Å². The number of methoxy groups -OCH3 is 2. The lowest BCUT2D eigenvalue weighted by Crippen LogP contribution is -2.43. The predicted molar refractivity (Wildman–Crippen MR) is 201 cm³/mol. The predicted octanol–water partition coefficient (Wildman–Crippen LogP) is 8.27. The number of hydrogen-bond acceptors (Lipinski definition) is 8. The van der Waals surface area contributed by atoms with Crippen LogP contribution in [-0.4, -0.2) is 77.8 Å². The third-order valence-corrected chi connectivity index (χ3v) is 9.57. The van der Waals surface area contributed by atoms with E-state index in [4.69, 9.17) is 42.4 Å². The molecule has 0 saturated carbocycles. The minimum atomic E-state index is -0.607. The van der Waals surface area contributed by atoms with Crippen LogP contribution in [0.25, 0.3) is 33.6 Å². The van der Waals surface area contributed by atoms with Gasteiger partial charge in [-0.1, -0.05) is 53.5 Å². The monoisotopic (exact) mass is 733 g/mol. The molecule has 2 aromatic carbocycles. The second kappa shape index (κ2) is 16.3. The summed E-state index contributed by atoms with van der Waals surface area (Å²) in [5, 5.41) is 4.54. The molecule has 5 rings (SSSR count). The SMILES string of the molecule is COc1cc(-c2nccc(-c3cccc(-c4ccc(CN(C)C(=O)OC(C)(C)C)c(OC)n4)c3Cl)c2Cl)ccc1CNC1CCN(C(C)=O)CC1. The van der Waals surface area contributed by atoms with E-state index in [-0.39, 0.29) is 12.5 Å². The van der Waals surface area contributed by atoms with Crippen LogP contribution in [0, 0.1) is 0 Å². The Balaban J connectivity index is 1.37. The van der Waals surface area contributed by atoms with Crippen LogP contribution in [0.4, 0.5) is 4.79 Å². The Morgan fingerprint density at radius 2 is 1.63 bits per heavy atom. The van der Waals surface area contributed by atoms with Crippen LogP contribution in [0.3, 0.4) is 0 Å². The zero-order valence-electron chi connectivity index (χ0n) is 30.2. The molecule has 10 nitrogen and oxygen atoms in total. The molecule has 1 fully saturated rings. The fourth-order valence-electron chi connectivity index (χ4n) is 6.06. The highest BCUT2D eigenvalue weighted by atomic mass is 35.5. The zero-order chi connectivity index (χ0) is 36.9. The number of pyridine rings is 2. The minimum absolute atomic E-state index is 0.127. The first-order valence-electron chi connectivity index (χ1n) is 16.9. The zero-order valence-corrected chi connectivity index (χ0v) is 31.7. The molecule has 0 atom stereocenters. The van der Waals surface area contributed by atoms with Gasteiger partial charge >= 0.3 is 6.09 Å². The van der Waals surface area contributed by atoms with E-state index in [1.165, 1.54) is 12.0 Å². The van der Waals surface area contributed by atoms with E-state index < -0.39 is 11.7 Å². The van der Waals surface area contributed by atoms with Crippen LogP contribution >= 0.6 is 23.2 Å². The van der Waals surface area contributed by atoms with Crippen molar-refractivity contribution in [3.8, 4) is 45.3 Å². The Morgan fingerprint density at radius 1 is 0.941 bits per heavy atom. The molecule has 0 aliphatic carbocycles. The number of amides is 2. The van der Waals surface area contributed by atoms with Crippen LogP contribution in [0.1, 0.15) is 51.7 Å². The first-order valence-corrected chi connectivity index (χ1v) is 17.6. The smallest absolute Gasteiger partial charge is 0.410 e. The van der Waals surface area contributed by atoms with Gasteiger partial charge in [0.15, 0.2) is 0 Å². The van der Waals surface area contributed by atoms with Crippen molar-refractivity contribution in [3.63, 3.8) is 0 Å². The molecule has 51 heavy (non-hydrogen) atoms. The Kier molecular flexibility index (Phi) is 12.1. The number of nitrogens with zero attached hydrogens (tertiary/aromatic N) is 4. The molecule has 4 aromatic rings. The summed E-state index contributed by atoms with van der Waals surface area (Å²) in [6, 6.07) is 17.6. The van der Waals surface area contributed by atoms with Gasteiger partial charge < -0.3 is 29.3 Å². The van der Waals surface area contributed by atoms with Crippen LogP contribution in [-0.2, 0) is 22.6 Å². The Hall–Kier alpha value is -4.38. The molecule has 0 spiro atoms. The van der Waals surface area contributed by atoms with Crippen LogP contribution in [0.2, 0.25) is 10.0 Å². The average molecular weight is 735 g/mol.